The molecular formula is C19H27BrIN5O2. The maximum Gasteiger partial charge on any atom is 0.246 e. The summed E-state index contributed by atoms with van der Waals surface area (Å²) in [6.45, 7) is 9.17. The number of hydrogen-bond acceptors (Lipinski definition) is 4. The van der Waals surface area contributed by atoms with Crippen molar-refractivity contribution in [3.8, 4) is 0 Å². The molecule has 3 N–H and O–H groups in total. The zero-order chi connectivity index (χ0) is 19.8. The minimum Gasteiger partial charge on any atom is -0.359 e. The molecule has 0 aliphatic carbocycles. The Bertz CT molecular complexity index is 807. The third-order valence-corrected chi connectivity index (χ3v) is 4.29. The first kappa shape index (κ1) is 24.4. The lowest BCUT2D eigenvalue weighted by molar-refractivity contribution is -0.114. The van der Waals surface area contributed by atoms with Crippen LogP contribution in [0, 0.1) is 6.92 Å². The summed E-state index contributed by atoms with van der Waals surface area (Å²) < 4.78 is 6.22. The third-order valence-electron chi connectivity index (χ3n) is 3.80. The summed E-state index contributed by atoms with van der Waals surface area (Å²) >= 11 is 3.41. The van der Waals surface area contributed by atoms with Crippen molar-refractivity contribution in [2.75, 3.05) is 18.4 Å². The van der Waals surface area contributed by atoms with Crippen LogP contribution in [0.4, 0.5) is 5.69 Å². The fourth-order valence-electron chi connectivity index (χ4n) is 2.27. The van der Waals surface area contributed by atoms with E-state index in [1.165, 1.54) is 0 Å². The lowest BCUT2D eigenvalue weighted by atomic mass is 10.1. The average Bonchev–Trinajstić information content (AvgIpc) is 3.10. The second-order valence-electron chi connectivity index (χ2n) is 6.43. The molecule has 1 aromatic heterocycles. The molecular weight excluding hydrogens is 537 g/mol. The van der Waals surface area contributed by atoms with Crippen LogP contribution in [0.25, 0.3) is 0 Å². The molecule has 0 aliphatic heterocycles. The van der Waals surface area contributed by atoms with Crippen molar-refractivity contribution in [1.29, 1.82) is 0 Å². The summed E-state index contributed by atoms with van der Waals surface area (Å²) in [5.41, 5.74) is 2.68. The van der Waals surface area contributed by atoms with E-state index in [4.69, 9.17) is 4.52 Å². The van der Waals surface area contributed by atoms with Crippen LogP contribution in [0.3, 0.4) is 0 Å². The van der Waals surface area contributed by atoms with E-state index in [1.807, 2.05) is 38.1 Å². The van der Waals surface area contributed by atoms with Crippen molar-refractivity contribution < 1.29 is 9.32 Å². The molecule has 0 fully saturated rings. The highest BCUT2D eigenvalue weighted by Gasteiger charge is 2.09. The highest BCUT2D eigenvalue weighted by molar-refractivity contribution is 14.0. The number of nitrogens with zero attached hydrogens (tertiary/aromatic N) is 2. The SMILES string of the molecule is CCNC(=NCC(=O)Nc1cc(Br)ccc1C)NCc1cc(C(C)C)no1.I. The number of benzene rings is 1. The van der Waals surface area contributed by atoms with Gasteiger partial charge in [-0.15, -0.1) is 24.0 Å². The summed E-state index contributed by atoms with van der Waals surface area (Å²) in [5.74, 6) is 1.39. The molecule has 1 amide bonds. The number of anilines is 1. The number of rotatable bonds is 7. The summed E-state index contributed by atoms with van der Waals surface area (Å²) in [4.78, 5) is 16.5. The Labute approximate surface area is 191 Å². The number of guanidine groups is 1. The molecule has 1 heterocycles. The first-order valence-corrected chi connectivity index (χ1v) is 9.72. The number of aromatic nitrogens is 1. The molecule has 1 aromatic carbocycles. The van der Waals surface area contributed by atoms with Gasteiger partial charge in [-0.1, -0.05) is 41.0 Å². The van der Waals surface area contributed by atoms with Gasteiger partial charge in [0.25, 0.3) is 0 Å². The Balaban J connectivity index is 0.00000392. The van der Waals surface area contributed by atoms with Gasteiger partial charge < -0.3 is 20.5 Å². The maximum absolute atomic E-state index is 12.2. The topological polar surface area (TPSA) is 91.5 Å². The van der Waals surface area contributed by atoms with E-state index in [2.05, 4.69) is 55.9 Å². The van der Waals surface area contributed by atoms with Crippen LogP contribution in [0.5, 0.6) is 0 Å². The smallest absolute Gasteiger partial charge is 0.246 e. The van der Waals surface area contributed by atoms with E-state index < -0.39 is 0 Å². The second-order valence-corrected chi connectivity index (χ2v) is 7.34. The Kier molecular flexibility index (Phi) is 10.5. The lowest BCUT2D eigenvalue weighted by Gasteiger charge is -2.11. The van der Waals surface area contributed by atoms with Crippen LogP contribution >= 0.6 is 39.9 Å². The molecule has 0 radical (unpaired) electrons. The number of nitrogens with one attached hydrogen (secondary N) is 3. The van der Waals surface area contributed by atoms with Gasteiger partial charge in [0.15, 0.2) is 11.7 Å². The molecule has 0 bridgehead atoms. The third kappa shape index (κ3) is 7.78. The summed E-state index contributed by atoms with van der Waals surface area (Å²) in [7, 11) is 0. The minimum absolute atomic E-state index is 0. The summed E-state index contributed by atoms with van der Waals surface area (Å²) in [6.07, 6.45) is 0. The number of carbonyl (C=O) groups is 1. The first-order valence-electron chi connectivity index (χ1n) is 8.92. The van der Waals surface area contributed by atoms with Gasteiger partial charge in [-0.05, 0) is 37.5 Å². The van der Waals surface area contributed by atoms with Crippen molar-refractivity contribution in [2.45, 2.75) is 40.2 Å². The Morgan fingerprint density at radius 2 is 2.04 bits per heavy atom. The van der Waals surface area contributed by atoms with Gasteiger partial charge in [0.1, 0.15) is 6.54 Å². The van der Waals surface area contributed by atoms with Crippen LogP contribution in [0.2, 0.25) is 0 Å². The molecule has 154 valence electrons. The normalized spacial score (nSPS) is 11.1. The van der Waals surface area contributed by atoms with Gasteiger partial charge in [-0.25, -0.2) is 4.99 Å². The summed E-state index contributed by atoms with van der Waals surface area (Å²) in [6, 6.07) is 7.67. The van der Waals surface area contributed by atoms with Gasteiger partial charge in [-0.3, -0.25) is 4.79 Å². The van der Waals surface area contributed by atoms with E-state index >= 15 is 0 Å². The van der Waals surface area contributed by atoms with Gasteiger partial charge in [0.2, 0.25) is 5.91 Å². The number of carbonyl (C=O) groups excluding carboxylic acids is 1. The van der Waals surface area contributed by atoms with Gasteiger partial charge in [0.05, 0.1) is 12.2 Å². The van der Waals surface area contributed by atoms with Crippen LogP contribution in [0.15, 0.2) is 38.3 Å². The first-order chi connectivity index (χ1) is 12.9. The Morgan fingerprint density at radius 3 is 2.68 bits per heavy atom. The highest BCUT2D eigenvalue weighted by atomic mass is 127. The number of hydrogen-bond donors (Lipinski definition) is 3. The van der Waals surface area contributed by atoms with Gasteiger partial charge in [0, 0.05) is 22.8 Å². The Hall–Kier alpha value is -1.62. The fraction of sp³-hybridized carbons (Fsp3) is 0.421. The summed E-state index contributed by atoms with van der Waals surface area (Å²) in [5, 5.41) is 13.2. The van der Waals surface area contributed by atoms with E-state index in [0.29, 0.717) is 25.0 Å². The molecule has 28 heavy (non-hydrogen) atoms. The van der Waals surface area contributed by atoms with Crippen LogP contribution in [0.1, 0.15) is 43.7 Å². The van der Waals surface area contributed by atoms with Crippen molar-refractivity contribution in [3.05, 3.63) is 45.8 Å². The number of aliphatic imine (C=N–C) groups is 1. The van der Waals surface area contributed by atoms with Crippen LogP contribution in [-0.4, -0.2) is 30.1 Å². The fourth-order valence-corrected chi connectivity index (χ4v) is 2.63. The average molecular weight is 564 g/mol. The van der Waals surface area contributed by atoms with E-state index in [0.717, 1.165) is 27.2 Å². The standard InChI is InChI=1S/C19H26BrN5O2.HI/c1-5-21-19(22-10-15-9-16(12(2)3)25-27-15)23-11-18(26)24-17-8-14(20)7-6-13(17)4;/h6-9,12H,5,10-11H2,1-4H3,(H,24,26)(H2,21,22,23);1H. The predicted molar refractivity (Wildman–Crippen MR) is 126 cm³/mol. The van der Waals surface area contributed by atoms with Crippen LogP contribution < -0.4 is 16.0 Å². The Morgan fingerprint density at radius 1 is 1.29 bits per heavy atom. The van der Waals surface area contributed by atoms with E-state index in [1.54, 1.807) is 0 Å². The molecule has 0 saturated heterocycles. The molecule has 2 rings (SSSR count). The van der Waals surface area contributed by atoms with Crippen molar-refractivity contribution in [2.24, 2.45) is 4.99 Å². The maximum atomic E-state index is 12.2. The molecule has 0 aliphatic rings. The van der Waals surface area contributed by atoms with Crippen molar-refractivity contribution in [3.63, 3.8) is 0 Å². The van der Waals surface area contributed by atoms with E-state index in [9.17, 15) is 4.79 Å². The number of aryl methyl sites for hydroxylation is 1. The molecule has 9 heteroatoms. The van der Waals surface area contributed by atoms with Gasteiger partial charge in [-0.2, -0.15) is 0 Å². The van der Waals surface area contributed by atoms with E-state index in [-0.39, 0.29) is 36.4 Å². The zero-order valence-corrected chi connectivity index (χ0v) is 20.4. The molecule has 7 nitrogen and oxygen atoms in total. The van der Waals surface area contributed by atoms with Crippen molar-refractivity contribution in [1.82, 2.24) is 15.8 Å². The monoisotopic (exact) mass is 563 g/mol. The highest BCUT2D eigenvalue weighted by Crippen LogP contribution is 2.20. The van der Waals surface area contributed by atoms with Crippen LogP contribution in [-0.2, 0) is 11.3 Å². The molecule has 0 unspecified atom stereocenters. The number of amides is 1. The zero-order valence-electron chi connectivity index (χ0n) is 16.5. The molecule has 0 atom stereocenters. The predicted octanol–water partition coefficient (Wildman–Crippen LogP) is 4.18. The molecule has 0 saturated carbocycles. The second kappa shape index (κ2) is 12.1. The molecule has 0 spiro atoms. The minimum atomic E-state index is -0.185. The number of halogens is 2. The lowest BCUT2D eigenvalue weighted by Crippen LogP contribution is -2.37. The molecule has 2 aromatic rings. The quantitative estimate of drug-likeness (QED) is 0.267. The largest absolute Gasteiger partial charge is 0.359 e. The van der Waals surface area contributed by atoms with Gasteiger partial charge >= 0.3 is 0 Å². The van der Waals surface area contributed by atoms with Crippen molar-refractivity contribution >= 4 is 57.5 Å².